The molecule has 2 aromatic carbocycles. The van der Waals surface area contributed by atoms with E-state index in [1.807, 2.05) is 12.1 Å². The quantitative estimate of drug-likeness (QED) is 0.228. The predicted octanol–water partition coefficient (Wildman–Crippen LogP) is 4.32. The van der Waals surface area contributed by atoms with Crippen LogP contribution in [0.2, 0.25) is 0 Å². The molecule has 3 aromatic heterocycles. The van der Waals surface area contributed by atoms with Crippen LogP contribution in [0.4, 0.5) is 0 Å². The van der Waals surface area contributed by atoms with Crippen LogP contribution in [0.1, 0.15) is 59.9 Å². The highest BCUT2D eigenvalue weighted by Gasteiger charge is 2.25. The molecule has 1 fully saturated rings. The number of hydrogen-bond donors (Lipinski definition) is 3. The molecular formula is C29H29N7O5. The van der Waals surface area contributed by atoms with Gasteiger partial charge in [0.25, 0.3) is 5.91 Å². The summed E-state index contributed by atoms with van der Waals surface area (Å²) in [5.74, 6) is 0.279. The lowest BCUT2D eigenvalue weighted by molar-refractivity contribution is -0.139. The first kappa shape index (κ1) is 26.2. The average molecular weight is 556 g/mol. The van der Waals surface area contributed by atoms with Gasteiger partial charge in [-0.25, -0.2) is 14.9 Å². The first-order chi connectivity index (χ1) is 20.0. The number of hydrogen-bond acceptors (Lipinski definition) is 8. The minimum absolute atomic E-state index is 0.108. The molecule has 41 heavy (non-hydrogen) atoms. The number of furan rings is 1. The Morgan fingerprint density at radius 2 is 1.95 bits per heavy atom. The number of carbonyl (C=O) groups excluding carboxylic acids is 1. The van der Waals surface area contributed by atoms with Crippen LogP contribution in [0, 0.1) is 0 Å². The van der Waals surface area contributed by atoms with Crippen LogP contribution in [0.15, 0.2) is 65.5 Å². The van der Waals surface area contributed by atoms with Crippen molar-refractivity contribution in [2.75, 3.05) is 0 Å². The van der Waals surface area contributed by atoms with Gasteiger partial charge >= 0.3 is 5.97 Å². The number of aliphatic carboxylic acids is 1. The van der Waals surface area contributed by atoms with Gasteiger partial charge in [0.1, 0.15) is 30.5 Å². The summed E-state index contributed by atoms with van der Waals surface area (Å²) in [6.45, 7) is 0.174. The number of H-pyrrole nitrogens is 1. The van der Waals surface area contributed by atoms with Gasteiger partial charge in [0.05, 0.1) is 22.9 Å². The maximum Gasteiger partial charge on any atom is 0.326 e. The third kappa shape index (κ3) is 5.81. The zero-order chi connectivity index (χ0) is 28.2. The lowest BCUT2D eigenvalue weighted by atomic mass is 9.95. The molecule has 1 amide bonds. The number of carbonyl (C=O) groups is 2. The fourth-order valence-electron chi connectivity index (χ4n) is 5.33. The van der Waals surface area contributed by atoms with Gasteiger partial charge in [-0.2, -0.15) is 0 Å². The summed E-state index contributed by atoms with van der Waals surface area (Å²) in [5, 5.41) is 25.9. The monoisotopic (exact) mass is 555 g/mol. The van der Waals surface area contributed by atoms with Gasteiger partial charge in [0.2, 0.25) is 0 Å². The number of tetrazole rings is 1. The van der Waals surface area contributed by atoms with Gasteiger partial charge in [-0.05, 0) is 65.2 Å². The molecule has 3 N–H and O–H groups in total. The van der Waals surface area contributed by atoms with Crippen LogP contribution in [-0.4, -0.2) is 53.2 Å². The van der Waals surface area contributed by atoms with E-state index in [0.717, 1.165) is 35.3 Å². The van der Waals surface area contributed by atoms with Crippen LogP contribution >= 0.6 is 0 Å². The van der Waals surface area contributed by atoms with Crippen molar-refractivity contribution in [1.29, 1.82) is 0 Å². The maximum atomic E-state index is 13.2. The Morgan fingerprint density at radius 3 is 2.66 bits per heavy atom. The van der Waals surface area contributed by atoms with Gasteiger partial charge < -0.3 is 24.1 Å². The largest absolute Gasteiger partial charge is 0.486 e. The number of carboxylic acids is 1. The number of carboxylic acid groups (broad SMARTS) is 1. The maximum absolute atomic E-state index is 13.2. The molecule has 12 nitrogen and oxygen atoms in total. The van der Waals surface area contributed by atoms with Crippen LogP contribution in [0.3, 0.4) is 0 Å². The molecule has 0 aliphatic heterocycles. The summed E-state index contributed by atoms with van der Waals surface area (Å²) >= 11 is 0. The SMILES string of the molecule is O=C(N[C@@H](Cc1ccc(OCc2nnn[nH]2)cc1)C(=O)O)c1ccc2c(c1)nc(-c1ccoc1)n2C1CCCCC1. The smallest absolute Gasteiger partial charge is 0.326 e. The van der Waals surface area contributed by atoms with Crippen molar-refractivity contribution in [1.82, 2.24) is 35.5 Å². The minimum atomic E-state index is -1.12. The number of benzene rings is 2. The van der Waals surface area contributed by atoms with E-state index < -0.39 is 17.9 Å². The summed E-state index contributed by atoms with van der Waals surface area (Å²) in [4.78, 5) is 30.1. The van der Waals surface area contributed by atoms with E-state index in [2.05, 4.69) is 30.5 Å². The summed E-state index contributed by atoms with van der Waals surface area (Å²) < 4.78 is 13.2. The third-order valence-corrected chi connectivity index (χ3v) is 7.40. The highest BCUT2D eigenvalue weighted by Crippen LogP contribution is 2.36. The number of ether oxygens (including phenoxy) is 1. The second-order valence-corrected chi connectivity index (χ2v) is 10.2. The third-order valence-electron chi connectivity index (χ3n) is 7.40. The van der Waals surface area contributed by atoms with Crippen molar-refractivity contribution in [2.24, 2.45) is 0 Å². The van der Waals surface area contributed by atoms with E-state index in [9.17, 15) is 14.7 Å². The van der Waals surface area contributed by atoms with E-state index in [-0.39, 0.29) is 13.0 Å². The zero-order valence-corrected chi connectivity index (χ0v) is 22.2. The first-order valence-electron chi connectivity index (χ1n) is 13.6. The number of fused-ring (bicyclic) bond motifs is 1. The molecule has 3 heterocycles. The molecular weight excluding hydrogens is 526 g/mol. The molecule has 0 bridgehead atoms. The van der Waals surface area contributed by atoms with E-state index in [0.29, 0.717) is 28.7 Å². The van der Waals surface area contributed by atoms with Crippen LogP contribution in [-0.2, 0) is 17.8 Å². The highest BCUT2D eigenvalue weighted by atomic mass is 16.5. The molecule has 1 atom stereocenters. The summed E-state index contributed by atoms with van der Waals surface area (Å²) in [6, 6.07) is 13.4. The highest BCUT2D eigenvalue weighted by molar-refractivity contribution is 5.99. The van der Waals surface area contributed by atoms with Gasteiger partial charge in [0.15, 0.2) is 5.82 Å². The Kier molecular flexibility index (Phi) is 7.44. The zero-order valence-electron chi connectivity index (χ0n) is 22.2. The molecule has 1 aliphatic carbocycles. The molecule has 1 aliphatic rings. The summed E-state index contributed by atoms with van der Waals surface area (Å²) in [7, 11) is 0. The van der Waals surface area contributed by atoms with Crippen LogP contribution in [0.5, 0.6) is 5.75 Å². The molecule has 5 aromatic rings. The molecule has 6 rings (SSSR count). The summed E-state index contributed by atoms with van der Waals surface area (Å²) in [6.07, 6.45) is 9.13. The molecule has 210 valence electrons. The Hall–Kier alpha value is -5.00. The van der Waals surface area contributed by atoms with Crippen molar-refractivity contribution in [3.63, 3.8) is 0 Å². The average Bonchev–Trinajstić information content (AvgIpc) is 3.78. The molecule has 0 saturated heterocycles. The molecule has 12 heteroatoms. The van der Waals surface area contributed by atoms with Crippen molar-refractivity contribution in [3.05, 3.63) is 78.0 Å². The van der Waals surface area contributed by atoms with Gasteiger partial charge in [-0.15, -0.1) is 5.10 Å². The fraction of sp³-hybridized carbons (Fsp3) is 0.310. The van der Waals surface area contributed by atoms with Crippen molar-refractivity contribution in [2.45, 2.75) is 57.2 Å². The fourth-order valence-corrected chi connectivity index (χ4v) is 5.33. The van der Waals surface area contributed by atoms with Crippen molar-refractivity contribution < 1.29 is 23.8 Å². The Balaban J connectivity index is 1.18. The predicted molar refractivity (Wildman–Crippen MR) is 147 cm³/mol. The number of amides is 1. The summed E-state index contributed by atoms with van der Waals surface area (Å²) in [5.41, 5.74) is 3.60. The molecule has 1 saturated carbocycles. The second kappa shape index (κ2) is 11.6. The van der Waals surface area contributed by atoms with E-state index in [4.69, 9.17) is 14.1 Å². The lowest BCUT2D eigenvalue weighted by Gasteiger charge is -2.25. The molecule has 0 radical (unpaired) electrons. The minimum Gasteiger partial charge on any atom is -0.486 e. The number of rotatable bonds is 10. The van der Waals surface area contributed by atoms with Crippen LogP contribution < -0.4 is 10.1 Å². The van der Waals surface area contributed by atoms with Gasteiger partial charge in [-0.1, -0.05) is 31.4 Å². The number of nitrogens with zero attached hydrogens (tertiary/aromatic N) is 5. The number of imidazole rings is 1. The normalized spacial score (nSPS) is 14.6. The Bertz CT molecular complexity index is 1620. The van der Waals surface area contributed by atoms with E-state index >= 15 is 0 Å². The molecule has 0 spiro atoms. The topological polar surface area (TPSA) is 161 Å². The lowest BCUT2D eigenvalue weighted by Crippen LogP contribution is -2.42. The van der Waals surface area contributed by atoms with Crippen molar-refractivity contribution in [3.8, 4) is 17.1 Å². The number of aromatic nitrogens is 6. The van der Waals surface area contributed by atoms with Gasteiger partial charge in [0, 0.05) is 18.0 Å². The van der Waals surface area contributed by atoms with Crippen LogP contribution in [0.25, 0.3) is 22.4 Å². The van der Waals surface area contributed by atoms with Gasteiger partial charge in [-0.3, -0.25) is 4.79 Å². The Morgan fingerprint density at radius 1 is 1.12 bits per heavy atom. The van der Waals surface area contributed by atoms with E-state index in [1.54, 1.807) is 48.9 Å². The number of aromatic amines is 1. The van der Waals surface area contributed by atoms with E-state index in [1.165, 1.54) is 19.3 Å². The van der Waals surface area contributed by atoms with Crippen molar-refractivity contribution >= 4 is 22.9 Å². The Labute approximate surface area is 234 Å². The second-order valence-electron chi connectivity index (χ2n) is 10.2. The first-order valence-corrected chi connectivity index (χ1v) is 13.6. The molecule has 0 unspecified atom stereocenters. The standard InChI is InChI=1S/C29H29N7O5/c37-28(31-24(29(38)39)14-18-6-9-22(10-7-18)41-17-26-32-34-35-33-26)19-8-11-25-23(15-19)30-27(20-12-13-40-16-20)36(25)21-4-2-1-3-5-21/h6-13,15-16,21,24H,1-5,14,17H2,(H,31,37)(H,38,39)(H,32,33,34,35)/t24-/m0/s1. The number of nitrogens with one attached hydrogen (secondary N) is 2.